The van der Waals surface area contributed by atoms with Crippen molar-refractivity contribution in [2.45, 2.75) is 88.9 Å². The van der Waals surface area contributed by atoms with E-state index in [1.54, 1.807) is 5.57 Å². The van der Waals surface area contributed by atoms with Gasteiger partial charge in [0.25, 0.3) is 0 Å². The number of allylic oxidation sites excluding steroid dienone is 9. The van der Waals surface area contributed by atoms with Gasteiger partial charge in [-0.2, -0.15) is 0 Å². The highest BCUT2D eigenvalue weighted by atomic mass is 15.0. The average molecular weight is 557 g/mol. The van der Waals surface area contributed by atoms with Gasteiger partial charge in [0.1, 0.15) is 11.6 Å². The monoisotopic (exact) mass is 556 g/mol. The van der Waals surface area contributed by atoms with Gasteiger partial charge in [0.05, 0.1) is 5.71 Å². The van der Waals surface area contributed by atoms with Gasteiger partial charge in [-0.25, -0.2) is 15.0 Å². The maximum atomic E-state index is 5.20. The van der Waals surface area contributed by atoms with E-state index in [1.165, 1.54) is 75.5 Å². The lowest BCUT2D eigenvalue weighted by molar-refractivity contribution is 0.341. The van der Waals surface area contributed by atoms with Crippen molar-refractivity contribution < 1.29 is 0 Å². The van der Waals surface area contributed by atoms with E-state index in [0.29, 0.717) is 23.7 Å². The minimum absolute atomic E-state index is 0.166. The fourth-order valence-electron chi connectivity index (χ4n) is 7.76. The lowest BCUT2D eigenvalue weighted by Gasteiger charge is -2.36. The van der Waals surface area contributed by atoms with Gasteiger partial charge in [-0.15, -0.1) is 0 Å². The molecule has 0 N–H and O–H groups in total. The Bertz CT molecular complexity index is 1430. The first kappa shape index (κ1) is 27.4. The van der Waals surface area contributed by atoms with E-state index in [1.807, 2.05) is 0 Å². The first-order valence-electron chi connectivity index (χ1n) is 16.6. The van der Waals surface area contributed by atoms with Crippen LogP contribution in [-0.4, -0.2) is 27.2 Å². The molecule has 1 aliphatic heterocycles. The van der Waals surface area contributed by atoms with E-state index in [-0.39, 0.29) is 5.92 Å². The van der Waals surface area contributed by atoms with Crippen LogP contribution in [0.15, 0.2) is 95.1 Å². The summed E-state index contributed by atoms with van der Waals surface area (Å²) >= 11 is 0. The summed E-state index contributed by atoms with van der Waals surface area (Å²) in [7, 11) is 0. The summed E-state index contributed by atoms with van der Waals surface area (Å²) in [5.41, 5.74) is 5.19. The highest BCUT2D eigenvalue weighted by molar-refractivity contribution is 6.11. The maximum absolute atomic E-state index is 5.20. The van der Waals surface area contributed by atoms with Crippen molar-refractivity contribution in [3.8, 4) is 11.4 Å². The number of hydrogen-bond donors (Lipinski definition) is 0. The molecule has 216 valence electrons. The molecule has 2 saturated carbocycles. The molecular weight excluding hydrogens is 512 g/mol. The first-order chi connectivity index (χ1) is 20.8. The van der Waals surface area contributed by atoms with Crippen molar-refractivity contribution in [1.29, 1.82) is 0 Å². The number of hydrogen-bond acceptors (Lipinski definition) is 4. The fourth-order valence-corrected chi connectivity index (χ4v) is 7.76. The molecule has 2 aromatic rings. The van der Waals surface area contributed by atoms with Gasteiger partial charge in [-0.05, 0) is 62.0 Å². The van der Waals surface area contributed by atoms with Crippen LogP contribution in [0.2, 0.25) is 0 Å². The zero-order valence-corrected chi connectivity index (χ0v) is 24.9. The molecular formula is C38H44N4. The third-order valence-electron chi connectivity index (χ3n) is 10.2. The molecule has 42 heavy (non-hydrogen) atoms. The normalized spacial score (nSPS) is 27.0. The van der Waals surface area contributed by atoms with E-state index in [4.69, 9.17) is 19.9 Å². The average Bonchev–Trinajstić information content (AvgIpc) is 3.09. The Morgan fingerprint density at radius 3 is 2.17 bits per heavy atom. The van der Waals surface area contributed by atoms with Crippen LogP contribution in [0.25, 0.3) is 11.4 Å². The second kappa shape index (κ2) is 12.9. The largest absolute Gasteiger partial charge is 0.284 e. The smallest absolute Gasteiger partial charge is 0.163 e. The minimum atomic E-state index is 0.166. The van der Waals surface area contributed by atoms with E-state index < -0.39 is 0 Å². The molecule has 3 unspecified atom stereocenters. The van der Waals surface area contributed by atoms with Gasteiger partial charge >= 0.3 is 0 Å². The van der Waals surface area contributed by atoms with Crippen LogP contribution in [0.1, 0.15) is 101 Å². The highest BCUT2D eigenvalue weighted by Gasteiger charge is 2.32. The number of benzene rings is 1. The topological polar surface area (TPSA) is 51.0 Å². The molecule has 7 rings (SSSR count). The Morgan fingerprint density at radius 2 is 1.45 bits per heavy atom. The van der Waals surface area contributed by atoms with Crippen LogP contribution in [0.5, 0.6) is 0 Å². The van der Waals surface area contributed by atoms with Crippen molar-refractivity contribution in [1.82, 2.24) is 15.0 Å². The number of dihydropyridines is 1. The quantitative estimate of drug-likeness (QED) is 0.356. The van der Waals surface area contributed by atoms with Crippen LogP contribution in [-0.2, 0) is 0 Å². The Morgan fingerprint density at radius 1 is 0.690 bits per heavy atom. The minimum Gasteiger partial charge on any atom is -0.284 e. The summed E-state index contributed by atoms with van der Waals surface area (Å²) in [6.07, 6.45) is 33.8. The van der Waals surface area contributed by atoms with Gasteiger partial charge in [0, 0.05) is 29.9 Å². The first-order valence-corrected chi connectivity index (χ1v) is 16.6. The van der Waals surface area contributed by atoms with Crippen molar-refractivity contribution in [2.75, 3.05) is 6.54 Å². The molecule has 4 heteroatoms. The third kappa shape index (κ3) is 6.04. The predicted octanol–water partition coefficient (Wildman–Crippen LogP) is 9.27. The van der Waals surface area contributed by atoms with Crippen LogP contribution in [0, 0.1) is 17.8 Å². The van der Waals surface area contributed by atoms with Crippen LogP contribution in [0.3, 0.4) is 0 Å². The standard InChI is InChI=1S/C38H44N4/c1-5-13-27(14-6-1)33-25-35(39-26-34(33)28-15-7-2-8-16-28)29-21-23-32(24-22-29)38-41-36(30-17-9-3-10-18-30)40-37(42-38)31-19-11-4-12-20-31/h2-3,7-10,15,17-18,21-23,25,27-28,31-32,34H,1,4-6,11-14,16,19-20,24,26H2. The van der Waals surface area contributed by atoms with Crippen molar-refractivity contribution in [3.05, 3.63) is 102 Å². The third-order valence-corrected chi connectivity index (χ3v) is 10.2. The molecule has 3 atom stereocenters. The van der Waals surface area contributed by atoms with Crippen molar-refractivity contribution in [2.24, 2.45) is 22.7 Å². The lowest BCUT2D eigenvalue weighted by atomic mass is 9.71. The molecule has 0 amide bonds. The molecule has 0 radical (unpaired) electrons. The molecule has 1 aromatic heterocycles. The molecule has 4 aliphatic carbocycles. The molecule has 0 bridgehead atoms. The maximum Gasteiger partial charge on any atom is 0.163 e. The molecule has 1 aromatic carbocycles. The van der Waals surface area contributed by atoms with E-state index in [9.17, 15) is 0 Å². The molecule has 0 spiro atoms. The Balaban J connectivity index is 1.14. The van der Waals surface area contributed by atoms with E-state index in [0.717, 1.165) is 42.4 Å². The van der Waals surface area contributed by atoms with Crippen LogP contribution in [0.4, 0.5) is 0 Å². The predicted molar refractivity (Wildman–Crippen MR) is 173 cm³/mol. The molecule has 4 nitrogen and oxygen atoms in total. The van der Waals surface area contributed by atoms with Gasteiger partial charge in [0.15, 0.2) is 5.82 Å². The summed E-state index contributed by atoms with van der Waals surface area (Å²) in [6, 6.07) is 10.4. The summed E-state index contributed by atoms with van der Waals surface area (Å²) < 4.78 is 0. The number of aliphatic imine (C=N–C) groups is 1. The Hall–Kier alpha value is -3.40. The van der Waals surface area contributed by atoms with E-state index >= 15 is 0 Å². The SMILES string of the molecule is C1=CCC(C2CN=C(C3=CCC(c4nc(-c5ccccc5)nc(C5CCCCC5)n4)C=C3)C=C2C2CCCCC2)C=C1. The van der Waals surface area contributed by atoms with Crippen molar-refractivity contribution in [3.63, 3.8) is 0 Å². The molecule has 2 fully saturated rings. The van der Waals surface area contributed by atoms with Gasteiger partial charge in [0.2, 0.25) is 0 Å². The van der Waals surface area contributed by atoms with Crippen LogP contribution < -0.4 is 0 Å². The zero-order valence-electron chi connectivity index (χ0n) is 24.9. The van der Waals surface area contributed by atoms with Crippen LogP contribution >= 0.6 is 0 Å². The van der Waals surface area contributed by atoms with Crippen molar-refractivity contribution >= 4 is 5.71 Å². The van der Waals surface area contributed by atoms with E-state index in [2.05, 4.69) is 78.9 Å². The fraction of sp³-hybridized carbons (Fsp3) is 0.474. The van der Waals surface area contributed by atoms with Gasteiger partial charge in [-0.1, -0.05) is 117 Å². The second-order valence-electron chi connectivity index (χ2n) is 13.0. The van der Waals surface area contributed by atoms with Gasteiger partial charge < -0.3 is 0 Å². The number of nitrogens with zero attached hydrogens (tertiary/aromatic N) is 4. The Labute approximate surface area is 251 Å². The Kier molecular flexibility index (Phi) is 8.40. The summed E-state index contributed by atoms with van der Waals surface area (Å²) in [5, 5.41) is 0. The lowest BCUT2D eigenvalue weighted by Crippen LogP contribution is -2.29. The second-order valence-corrected chi connectivity index (χ2v) is 13.0. The van der Waals surface area contributed by atoms with Gasteiger partial charge in [-0.3, -0.25) is 4.99 Å². The highest BCUT2D eigenvalue weighted by Crippen LogP contribution is 2.41. The number of rotatable bonds is 6. The molecule has 5 aliphatic rings. The molecule has 2 heterocycles. The summed E-state index contributed by atoms with van der Waals surface area (Å²) in [4.78, 5) is 20.4. The molecule has 0 saturated heterocycles. The number of aromatic nitrogens is 3. The summed E-state index contributed by atoms with van der Waals surface area (Å²) in [5.74, 6) is 5.18. The zero-order chi connectivity index (χ0) is 28.1. The summed E-state index contributed by atoms with van der Waals surface area (Å²) in [6.45, 7) is 0.910.